The molecule has 0 bridgehead atoms. The molecule has 0 spiro atoms. The van der Waals surface area contributed by atoms with Crippen molar-refractivity contribution in [2.75, 3.05) is 5.32 Å². The van der Waals surface area contributed by atoms with Crippen molar-refractivity contribution < 1.29 is 18.0 Å². The summed E-state index contributed by atoms with van der Waals surface area (Å²) in [5.74, 6) is -1.66. The zero-order chi connectivity index (χ0) is 23.2. The van der Waals surface area contributed by atoms with Crippen LogP contribution in [0.4, 0.5) is 19.0 Å². The van der Waals surface area contributed by atoms with E-state index in [0.29, 0.717) is 35.1 Å². The summed E-state index contributed by atoms with van der Waals surface area (Å²) < 4.78 is 39.9. The van der Waals surface area contributed by atoms with Gasteiger partial charge in [-0.3, -0.25) is 4.79 Å². The van der Waals surface area contributed by atoms with Crippen molar-refractivity contribution in [2.45, 2.75) is 51.4 Å². The predicted molar refractivity (Wildman–Crippen MR) is 121 cm³/mol. The molecule has 33 heavy (non-hydrogen) atoms. The summed E-state index contributed by atoms with van der Waals surface area (Å²) in [5.41, 5.74) is 2.38. The van der Waals surface area contributed by atoms with Gasteiger partial charge in [0.05, 0.1) is 24.0 Å². The molecule has 1 amide bonds. The van der Waals surface area contributed by atoms with Gasteiger partial charge in [0.1, 0.15) is 5.82 Å². The van der Waals surface area contributed by atoms with Crippen LogP contribution in [0, 0.1) is 23.4 Å². The van der Waals surface area contributed by atoms with Crippen LogP contribution in [-0.4, -0.2) is 15.9 Å². The summed E-state index contributed by atoms with van der Waals surface area (Å²) >= 11 is 0. The van der Waals surface area contributed by atoms with E-state index in [1.54, 1.807) is 18.3 Å². The second-order valence-electron chi connectivity index (χ2n) is 8.57. The predicted octanol–water partition coefficient (Wildman–Crippen LogP) is 6.26. The highest BCUT2D eigenvalue weighted by molar-refractivity contribution is 5.92. The zero-order valence-corrected chi connectivity index (χ0v) is 18.3. The number of carbonyl (C=O) groups excluding carboxylic acids is 1. The number of aryl methyl sites for hydroxylation is 1. The molecule has 0 atom stereocenters. The summed E-state index contributed by atoms with van der Waals surface area (Å²) in [6, 6.07) is 9.43. The first-order valence-electron chi connectivity index (χ1n) is 11.3. The van der Waals surface area contributed by atoms with E-state index in [9.17, 15) is 18.0 Å². The molecular formula is C26H26F3N3O. The molecule has 1 aromatic heterocycles. The van der Waals surface area contributed by atoms with Gasteiger partial charge in [0.15, 0.2) is 17.5 Å². The summed E-state index contributed by atoms with van der Waals surface area (Å²) in [5, 5.41) is 2.78. The minimum Gasteiger partial charge on any atom is -0.309 e. The van der Waals surface area contributed by atoms with Gasteiger partial charge in [-0.2, -0.15) is 0 Å². The SMILES string of the molecule is O=C(Cc1ccc(F)c(F)c1)Nc1ncc(-c2ccc(F)cc2)nc1CCC1CCCCC1. The van der Waals surface area contributed by atoms with E-state index in [2.05, 4.69) is 10.3 Å². The lowest BCUT2D eigenvalue weighted by Crippen LogP contribution is -2.18. The third-order valence-corrected chi connectivity index (χ3v) is 6.11. The van der Waals surface area contributed by atoms with E-state index < -0.39 is 11.6 Å². The molecule has 1 N–H and O–H groups in total. The first-order chi connectivity index (χ1) is 16.0. The summed E-state index contributed by atoms with van der Waals surface area (Å²) in [6.45, 7) is 0. The Kier molecular flexibility index (Phi) is 7.37. The van der Waals surface area contributed by atoms with Crippen molar-refractivity contribution in [1.82, 2.24) is 9.97 Å². The highest BCUT2D eigenvalue weighted by Crippen LogP contribution is 2.29. The molecular weight excluding hydrogens is 427 g/mol. The lowest BCUT2D eigenvalue weighted by molar-refractivity contribution is -0.115. The number of benzene rings is 2. The molecule has 3 aromatic rings. The maximum Gasteiger partial charge on any atom is 0.229 e. The molecule has 0 aliphatic heterocycles. The van der Waals surface area contributed by atoms with Crippen molar-refractivity contribution in [2.24, 2.45) is 5.92 Å². The lowest BCUT2D eigenvalue weighted by Gasteiger charge is -2.21. The molecule has 0 radical (unpaired) electrons. The van der Waals surface area contributed by atoms with E-state index in [1.807, 2.05) is 0 Å². The number of rotatable bonds is 7. The number of anilines is 1. The van der Waals surface area contributed by atoms with Crippen LogP contribution in [0.25, 0.3) is 11.3 Å². The molecule has 0 unspecified atom stereocenters. The maximum atomic E-state index is 13.5. The number of carbonyl (C=O) groups is 1. The van der Waals surface area contributed by atoms with Crippen LogP contribution in [0.5, 0.6) is 0 Å². The number of aromatic nitrogens is 2. The van der Waals surface area contributed by atoms with Crippen LogP contribution in [0.15, 0.2) is 48.7 Å². The summed E-state index contributed by atoms with van der Waals surface area (Å²) in [6.07, 6.45) is 9.20. The molecule has 4 nitrogen and oxygen atoms in total. The number of amides is 1. The standard InChI is InChI=1S/C26H26F3N3O/c27-20-10-8-19(9-11-20)24-16-30-26(23(31-24)13-7-17-4-2-1-3-5-17)32-25(33)15-18-6-12-21(28)22(29)14-18/h6,8-12,14,16-17H,1-5,7,13,15H2,(H,30,32,33). The minimum absolute atomic E-state index is 0.110. The Hall–Kier alpha value is -3.22. The van der Waals surface area contributed by atoms with E-state index in [-0.39, 0.29) is 18.1 Å². The van der Waals surface area contributed by atoms with Gasteiger partial charge in [0.25, 0.3) is 0 Å². The monoisotopic (exact) mass is 453 g/mol. The van der Waals surface area contributed by atoms with Crippen LogP contribution >= 0.6 is 0 Å². The third kappa shape index (κ3) is 6.18. The van der Waals surface area contributed by atoms with Gasteiger partial charge in [-0.05, 0) is 60.7 Å². The highest BCUT2D eigenvalue weighted by Gasteiger charge is 2.17. The molecule has 4 rings (SSSR count). The van der Waals surface area contributed by atoms with Gasteiger partial charge in [0, 0.05) is 5.56 Å². The molecule has 0 saturated heterocycles. The van der Waals surface area contributed by atoms with Crippen LogP contribution in [-0.2, 0) is 17.6 Å². The first-order valence-corrected chi connectivity index (χ1v) is 11.3. The van der Waals surface area contributed by atoms with Crippen molar-refractivity contribution >= 4 is 11.7 Å². The van der Waals surface area contributed by atoms with Gasteiger partial charge < -0.3 is 5.32 Å². The Bertz CT molecular complexity index is 1110. The average molecular weight is 454 g/mol. The Labute approximate surface area is 191 Å². The zero-order valence-electron chi connectivity index (χ0n) is 18.3. The van der Waals surface area contributed by atoms with Gasteiger partial charge in [-0.25, -0.2) is 23.1 Å². The van der Waals surface area contributed by atoms with E-state index >= 15 is 0 Å². The Morgan fingerprint density at radius 3 is 2.45 bits per heavy atom. The van der Waals surface area contributed by atoms with Crippen LogP contribution < -0.4 is 5.32 Å². The smallest absolute Gasteiger partial charge is 0.229 e. The quantitative estimate of drug-likeness (QED) is 0.460. The largest absolute Gasteiger partial charge is 0.309 e. The number of nitrogens with one attached hydrogen (secondary N) is 1. The van der Waals surface area contributed by atoms with Gasteiger partial charge in [0.2, 0.25) is 5.91 Å². The molecule has 2 aromatic carbocycles. The maximum absolute atomic E-state index is 13.5. The molecule has 1 saturated carbocycles. The molecule has 7 heteroatoms. The summed E-state index contributed by atoms with van der Waals surface area (Å²) in [7, 11) is 0. The van der Waals surface area contributed by atoms with Crippen molar-refractivity contribution in [3.8, 4) is 11.3 Å². The number of halogens is 3. The van der Waals surface area contributed by atoms with Gasteiger partial charge in [-0.1, -0.05) is 38.2 Å². The van der Waals surface area contributed by atoms with Gasteiger partial charge in [-0.15, -0.1) is 0 Å². The van der Waals surface area contributed by atoms with Crippen LogP contribution in [0.1, 0.15) is 49.8 Å². The van der Waals surface area contributed by atoms with E-state index in [4.69, 9.17) is 4.98 Å². The van der Waals surface area contributed by atoms with Crippen molar-refractivity contribution in [3.63, 3.8) is 0 Å². The molecule has 1 fully saturated rings. The fourth-order valence-corrected chi connectivity index (χ4v) is 4.29. The number of hydrogen-bond donors (Lipinski definition) is 1. The van der Waals surface area contributed by atoms with Crippen LogP contribution in [0.3, 0.4) is 0 Å². The third-order valence-electron chi connectivity index (χ3n) is 6.11. The molecule has 172 valence electrons. The number of nitrogens with zero attached hydrogens (tertiary/aromatic N) is 2. The van der Waals surface area contributed by atoms with Gasteiger partial charge >= 0.3 is 0 Å². The fraction of sp³-hybridized carbons (Fsp3) is 0.346. The summed E-state index contributed by atoms with van der Waals surface area (Å²) in [4.78, 5) is 21.8. The highest BCUT2D eigenvalue weighted by atomic mass is 19.2. The normalized spacial score (nSPS) is 14.3. The van der Waals surface area contributed by atoms with Crippen molar-refractivity contribution in [3.05, 3.63) is 77.4 Å². The second kappa shape index (κ2) is 10.6. The van der Waals surface area contributed by atoms with E-state index in [0.717, 1.165) is 24.1 Å². The average Bonchev–Trinajstić information content (AvgIpc) is 2.82. The lowest BCUT2D eigenvalue weighted by atomic mass is 9.86. The molecule has 1 aliphatic carbocycles. The first kappa shape index (κ1) is 23.0. The fourth-order valence-electron chi connectivity index (χ4n) is 4.29. The molecule has 1 aliphatic rings. The van der Waals surface area contributed by atoms with Crippen LogP contribution in [0.2, 0.25) is 0 Å². The molecule has 1 heterocycles. The Balaban J connectivity index is 1.53. The Morgan fingerprint density at radius 2 is 1.73 bits per heavy atom. The van der Waals surface area contributed by atoms with E-state index in [1.165, 1.54) is 50.3 Å². The topological polar surface area (TPSA) is 54.9 Å². The number of hydrogen-bond acceptors (Lipinski definition) is 3. The Morgan fingerprint density at radius 1 is 0.970 bits per heavy atom. The second-order valence-corrected chi connectivity index (χ2v) is 8.57. The van der Waals surface area contributed by atoms with Crippen molar-refractivity contribution in [1.29, 1.82) is 0 Å². The minimum atomic E-state index is -0.989.